The van der Waals surface area contributed by atoms with E-state index < -0.39 is 53.5 Å². The molecular formula is C27H30ClN3O6. The summed E-state index contributed by atoms with van der Waals surface area (Å²) in [5.74, 6) is -3.07. The Labute approximate surface area is 220 Å². The van der Waals surface area contributed by atoms with E-state index in [0.717, 1.165) is 11.1 Å². The van der Waals surface area contributed by atoms with Crippen LogP contribution in [0.1, 0.15) is 30.9 Å². The molecule has 37 heavy (non-hydrogen) atoms. The molecule has 3 amide bonds. The van der Waals surface area contributed by atoms with Crippen LogP contribution >= 0.6 is 11.6 Å². The molecule has 196 valence electrons. The molecule has 3 atom stereocenters. The van der Waals surface area contributed by atoms with Crippen molar-refractivity contribution in [3.8, 4) is 0 Å². The number of nitrogens with one attached hydrogen (secondary N) is 2. The Kier molecular flexibility index (Phi) is 10.2. The van der Waals surface area contributed by atoms with E-state index in [1.807, 2.05) is 36.4 Å². The SMILES string of the molecule is C[C@H](NC(=O)OCc1ccccc1)C(=O)N1CCC[C@H]1C(=O)N[C@@H](Cc1ccccc1)C(=O)C(=O)CCl. The van der Waals surface area contributed by atoms with E-state index in [1.165, 1.54) is 11.8 Å². The number of ether oxygens (including phenoxy) is 1. The van der Waals surface area contributed by atoms with Crippen LogP contribution in [-0.2, 0) is 36.9 Å². The third-order valence-electron chi connectivity index (χ3n) is 6.07. The van der Waals surface area contributed by atoms with E-state index >= 15 is 0 Å². The molecular weight excluding hydrogens is 498 g/mol. The van der Waals surface area contributed by atoms with Crippen LogP contribution in [0.4, 0.5) is 4.79 Å². The zero-order valence-corrected chi connectivity index (χ0v) is 21.3. The first-order chi connectivity index (χ1) is 17.8. The van der Waals surface area contributed by atoms with Crippen molar-refractivity contribution in [2.75, 3.05) is 12.4 Å². The second-order valence-electron chi connectivity index (χ2n) is 8.79. The van der Waals surface area contributed by atoms with Gasteiger partial charge in [-0.1, -0.05) is 60.7 Å². The number of carbonyl (C=O) groups excluding carboxylic acids is 5. The van der Waals surface area contributed by atoms with Crippen molar-refractivity contribution in [3.05, 3.63) is 71.8 Å². The van der Waals surface area contributed by atoms with Gasteiger partial charge >= 0.3 is 6.09 Å². The van der Waals surface area contributed by atoms with Crippen LogP contribution in [0.15, 0.2) is 60.7 Å². The Morgan fingerprint density at radius 3 is 2.22 bits per heavy atom. The smallest absolute Gasteiger partial charge is 0.408 e. The first kappa shape index (κ1) is 27.9. The quantitative estimate of drug-likeness (QED) is 0.342. The molecule has 0 bridgehead atoms. The van der Waals surface area contributed by atoms with Gasteiger partial charge in [0.15, 0.2) is 0 Å². The average molecular weight is 528 g/mol. The summed E-state index contributed by atoms with van der Waals surface area (Å²) in [6, 6.07) is 15.2. The highest BCUT2D eigenvalue weighted by Crippen LogP contribution is 2.19. The first-order valence-electron chi connectivity index (χ1n) is 12.0. The lowest BCUT2D eigenvalue weighted by Gasteiger charge is -2.28. The number of hydrogen-bond donors (Lipinski definition) is 2. The summed E-state index contributed by atoms with van der Waals surface area (Å²) in [5, 5.41) is 5.15. The number of nitrogens with zero attached hydrogens (tertiary/aromatic N) is 1. The maximum atomic E-state index is 13.2. The lowest BCUT2D eigenvalue weighted by Crippen LogP contribution is -2.55. The molecule has 1 aliphatic rings. The van der Waals surface area contributed by atoms with E-state index in [9.17, 15) is 24.0 Å². The summed E-state index contributed by atoms with van der Waals surface area (Å²) < 4.78 is 5.17. The highest BCUT2D eigenvalue weighted by atomic mass is 35.5. The normalized spacial score (nSPS) is 16.4. The molecule has 2 N–H and O–H groups in total. The Morgan fingerprint density at radius 2 is 1.59 bits per heavy atom. The number of carbonyl (C=O) groups is 5. The topological polar surface area (TPSA) is 122 Å². The minimum atomic E-state index is -1.11. The van der Waals surface area contributed by atoms with Crippen LogP contribution < -0.4 is 10.6 Å². The van der Waals surface area contributed by atoms with Crippen molar-refractivity contribution in [1.29, 1.82) is 0 Å². The first-order valence-corrected chi connectivity index (χ1v) is 12.6. The average Bonchev–Trinajstić information content (AvgIpc) is 3.41. The van der Waals surface area contributed by atoms with Crippen molar-refractivity contribution < 1.29 is 28.7 Å². The molecule has 1 saturated heterocycles. The lowest BCUT2D eigenvalue weighted by atomic mass is 9.99. The molecule has 2 aromatic carbocycles. The van der Waals surface area contributed by atoms with Crippen LogP contribution in [0, 0.1) is 0 Å². The minimum absolute atomic E-state index is 0.0557. The molecule has 2 aromatic rings. The third-order valence-corrected chi connectivity index (χ3v) is 6.31. The summed E-state index contributed by atoms with van der Waals surface area (Å²) in [4.78, 5) is 64.5. The van der Waals surface area contributed by atoms with Crippen LogP contribution in [0.25, 0.3) is 0 Å². The van der Waals surface area contributed by atoms with Crippen molar-refractivity contribution >= 4 is 41.1 Å². The zero-order valence-electron chi connectivity index (χ0n) is 20.5. The number of alkyl halides is 1. The van der Waals surface area contributed by atoms with Crippen LogP contribution in [-0.4, -0.2) is 64.9 Å². The monoisotopic (exact) mass is 527 g/mol. The summed E-state index contributed by atoms with van der Waals surface area (Å²) in [6.07, 6.45) is 0.323. The van der Waals surface area contributed by atoms with Gasteiger partial charge in [0, 0.05) is 13.0 Å². The van der Waals surface area contributed by atoms with E-state index in [4.69, 9.17) is 16.3 Å². The number of rotatable bonds is 11. The molecule has 0 aromatic heterocycles. The fraction of sp³-hybridized carbons (Fsp3) is 0.370. The van der Waals surface area contributed by atoms with Gasteiger partial charge in [-0.05, 0) is 30.9 Å². The minimum Gasteiger partial charge on any atom is -0.445 e. The number of hydrogen-bond acceptors (Lipinski definition) is 6. The maximum absolute atomic E-state index is 13.2. The van der Waals surface area contributed by atoms with Crippen LogP contribution in [0.2, 0.25) is 0 Å². The van der Waals surface area contributed by atoms with Gasteiger partial charge in [0.05, 0.1) is 11.9 Å². The van der Waals surface area contributed by atoms with Gasteiger partial charge in [0.1, 0.15) is 18.7 Å². The zero-order chi connectivity index (χ0) is 26.8. The number of Topliss-reactive ketones (excluding diaryl/α,β-unsaturated/α-hetero) is 2. The number of halogens is 1. The fourth-order valence-electron chi connectivity index (χ4n) is 4.14. The standard InChI is InChI=1S/C27H30ClN3O6/c1-18(29-27(36)37-17-20-11-6-3-7-12-20)26(35)31-14-8-13-22(31)25(34)30-21(24(33)23(32)16-28)15-19-9-4-2-5-10-19/h2-7,9-12,18,21-22H,8,13-17H2,1H3,(H,29,36)(H,30,34)/t18-,21-,22-/m0/s1. The summed E-state index contributed by atoms with van der Waals surface area (Å²) >= 11 is 5.58. The van der Waals surface area contributed by atoms with Crippen molar-refractivity contribution in [2.24, 2.45) is 0 Å². The van der Waals surface area contributed by atoms with Crippen molar-refractivity contribution in [1.82, 2.24) is 15.5 Å². The van der Waals surface area contributed by atoms with E-state index in [1.54, 1.807) is 24.3 Å². The Bertz CT molecular complexity index is 1110. The molecule has 9 nitrogen and oxygen atoms in total. The number of benzene rings is 2. The van der Waals surface area contributed by atoms with E-state index in [2.05, 4.69) is 10.6 Å². The van der Waals surface area contributed by atoms with Crippen molar-refractivity contribution in [2.45, 2.75) is 50.9 Å². The highest BCUT2D eigenvalue weighted by Gasteiger charge is 2.38. The van der Waals surface area contributed by atoms with Crippen LogP contribution in [0.5, 0.6) is 0 Å². The fourth-order valence-corrected chi connectivity index (χ4v) is 4.27. The van der Waals surface area contributed by atoms with Gasteiger partial charge < -0.3 is 20.3 Å². The maximum Gasteiger partial charge on any atom is 0.408 e. The van der Waals surface area contributed by atoms with Gasteiger partial charge in [-0.15, -0.1) is 11.6 Å². The molecule has 0 spiro atoms. The van der Waals surface area contributed by atoms with Crippen LogP contribution in [0.3, 0.4) is 0 Å². The largest absolute Gasteiger partial charge is 0.445 e. The highest BCUT2D eigenvalue weighted by molar-refractivity contribution is 6.48. The second kappa shape index (κ2) is 13.5. The van der Waals surface area contributed by atoms with Gasteiger partial charge in [-0.2, -0.15) is 0 Å². The molecule has 1 fully saturated rings. The Hall–Kier alpha value is -3.72. The van der Waals surface area contributed by atoms with E-state index in [0.29, 0.717) is 19.4 Å². The Morgan fingerprint density at radius 1 is 0.973 bits per heavy atom. The molecule has 0 radical (unpaired) electrons. The number of ketones is 2. The van der Waals surface area contributed by atoms with Gasteiger partial charge in [0.25, 0.3) is 0 Å². The molecule has 0 unspecified atom stereocenters. The Balaban J connectivity index is 1.61. The summed E-state index contributed by atoms with van der Waals surface area (Å²) in [6.45, 7) is 1.89. The molecule has 10 heteroatoms. The summed E-state index contributed by atoms with van der Waals surface area (Å²) in [7, 11) is 0. The van der Waals surface area contributed by atoms with E-state index in [-0.39, 0.29) is 13.0 Å². The van der Waals surface area contributed by atoms with Gasteiger partial charge in [-0.25, -0.2) is 4.79 Å². The molecule has 3 rings (SSSR count). The molecule has 1 aliphatic heterocycles. The molecule has 0 aliphatic carbocycles. The number of likely N-dealkylation sites (tertiary alicyclic amines) is 1. The van der Waals surface area contributed by atoms with Crippen molar-refractivity contribution in [3.63, 3.8) is 0 Å². The molecule has 0 saturated carbocycles. The summed E-state index contributed by atoms with van der Waals surface area (Å²) in [5.41, 5.74) is 1.56. The second-order valence-corrected chi connectivity index (χ2v) is 9.06. The van der Waals surface area contributed by atoms with Gasteiger partial charge in [-0.3, -0.25) is 19.2 Å². The van der Waals surface area contributed by atoms with Gasteiger partial charge in [0.2, 0.25) is 23.4 Å². The lowest BCUT2D eigenvalue weighted by molar-refractivity contribution is -0.141. The third kappa shape index (κ3) is 7.88. The number of alkyl carbamates (subject to hydrolysis) is 1. The molecule has 1 heterocycles. The number of amides is 3. The predicted octanol–water partition coefficient (Wildman–Crippen LogP) is 2.40. The predicted molar refractivity (Wildman–Crippen MR) is 137 cm³/mol.